The van der Waals surface area contributed by atoms with Crippen molar-refractivity contribution in [1.29, 1.82) is 0 Å². The summed E-state index contributed by atoms with van der Waals surface area (Å²) in [6, 6.07) is 15.1. The summed E-state index contributed by atoms with van der Waals surface area (Å²) in [5.41, 5.74) is -7.09. The number of amides is 1. The summed E-state index contributed by atoms with van der Waals surface area (Å²) in [5, 5.41) is 27.5. The van der Waals surface area contributed by atoms with Gasteiger partial charge in [0.15, 0.2) is 23.6 Å². The fourth-order valence-electron chi connectivity index (χ4n) is 10.3. The Kier molecular flexibility index (Phi) is 13.9. The van der Waals surface area contributed by atoms with Gasteiger partial charge in [0.25, 0.3) is 0 Å². The van der Waals surface area contributed by atoms with Crippen LogP contribution in [-0.4, -0.2) is 112 Å². The SMILES string of the molecule is C=C(C)O[C@@]12CO[C@@H]1C[C@H](OC)[C@@]1(C)C(=O)[C@H](OC(=O)SCC)C3=C(C)[C@@H](OC(=O)[C@H](O)[C@@H](NC(=O)OC(C)(C)C)c4ccccc4)C[C@@](O)([C@@H](OC(=O)c4ccccc4)[C@H]21)C3(C)C. The van der Waals surface area contributed by atoms with Crippen LogP contribution in [0.4, 0.5) is 9.59 Å². The van der Waals surface area contributed by atoms with E-state index < -0.39 is 112 Å². The second kappa shape index (κ2) is 18.3. The fourth-order valence-corrected chi connectivity index (χ4v) is 10.7. The molecule has 4 aliphatic rings. The highest BCUT2D eigenvalue weighted by Gasteiger charge is 2.78. The molecular weight excluding hydrogens is 847 g/mol. The molecular formula is C48H61NO14S. The van der Waals surface area contributed by atoms with Gasteiger partial charge in [0.2, 0.25) is 0 Å². The average Bonchev–Trinajstić information content (AvgIpc) is 3.22. The van der Waals surface area contributed by atoms with Gasteiger partial charge in [0.05, 0.1) is 41.4 Å². The molecule has 0 radical (unpaired) electrons. The third kappa shape index (κ3) is 8.71. The molecule has 11 atom stereocenters. The molecule has 64 heavy (non-hydrogen) atoms. The standard InChI is InChI=1S/C48H61NO14S/c1-12-64-43(55)60-36-33-27(4)30(59-41(53)35(50)34(28-19-15-13-16-20-28)49-42(54)63-44(5,6)7)24-48(56,45(33,8)9)39(61-40(52)29-21-17-14-18-22-29)37-46(10,38(36)51)31(57-11)23-32-47(37,25-58-32)62-26(2)3/h13-22,30-32,34-37,39,50,56H,2,12,23-25H2,1,3-11H3,(H,49,54)/t30-,31-,32+,34-,35+,36+,37-,39-,46+,47-,48+/m0/s1. The summed E-state index contributed by atoms with van der Waals surface area (Å²) in [4.78, 5) is 71.6. The lowest BCUT2D eigenvalue weighted by atomic mass is 9.44. The van der Waals surface area contributed by atoms with Gasteiger partial charge in [0, 0.05) is 31.1 Å². The molecule has 3 N–H and O–H groups in total. The molecule has 6 rings (SSSR count). The normalized spacial score (nSPS) is 31.5. The molecule has 1 aliphatic heterocycles. The number of nitrogens with one attached hydrogen (secondary N) is 1. The van der Waals surface area contributed by atoms with E-state index in [2.05, 4.69) is 11.9 Å². The van der Waals surface area contributed by atoms with E-state index in [4.69, 9.17) is 33.2 Å². The second-order valence-electron chi connectivity index (χ2n) is 18.8. The number of carbonyl (C=O) groups excluding carboxylic acids is 5. The van der Waals surface area contributed by atoms with Gasteiger partial charge in [-0.2, -0.15) is 0 Å². The lowest BCUT2D eigenvalue weighted by Gasteiger charge is -2.68. The summed E-state index contributed by atoms with van der Waals surface area (Å²) in [6.07, 6.45) is -9.71. The molecule has 1 amide bonds. The maximum absolute atomic E-state index is 16.0. The number of aliphatic hydroxyl groups is 2. The molecule has 2 aromatic carbocycles. The lowest BCUT2D eigenvalue weighted by Crippen LogP contribution is -2.81. The molecule has 1 heterocycles. The molecule has 2 saturated carbocycles. The molecule has 3 fully saturated rings. The first kappa shape index (κ1) is 48.7. The van der Waals surface area contributed by atoms with E-state index >= 15 is 4.79 Å². The van der Waals surface area contributed by atoms with E-state index in [0.29, 0.717) is 11.3 Å². The number of carbonyl (C=O) groups is 5. The maximum Gasteiger partial charge on any atom is 0.408 e. The van der Waals surface area contributed by atoms with Crippen LogP contribution >= 0.6 is 11.8 Å². The predicted molar refractivity (Wildman–Crippen MR) is 235 cm³/mol. The van der Waals surface area contributed by atoms with Gasteiger partial charge < -0.3 is 48.7 Å². The highest BCUT2D eigenvalue weighted by Crippen LogP contribution is 2.65. The number of hydrogen-bond donors (Lipinski definition) is 3. The molecule has 0 spiro atoms. The van der Waals surface area contributed by atoms with Crippen LogP contribution in [0, 0.1) is 16.7 Å². The minimum absolute atomic E-state index is 0.0988. The van der Waals surface area contributed by atoms with E-state index in [1.165, 1.54) is 7.11 Å². The Balaban J connectivity index is 1.57. The summed E-state index contributed by atoms with van der Waals surface area (Å²) >= 11 is 0.838. The largest absolute Gasteiger partial charge is 0.487 e. The van der Waals surface area contributed by atoms with E-state index in [0.717, 1.165) is 11.8 Å². The number of benzene rings is 2. The van der Waals surface area contributed by atoms with Crippen molar-refractivity contribution >= 4 is 40.9 Å². The van der Waals surface area contributed by atoms with Crippen molar-refractivity contribution in [3.05, 3.63) is 95.3 Å². The van der Waals surface area contributed by atoms with Gasteiger partial charge in [-0.1, -0.05) is 75.9 Å². The number of esters is 2. The van der Waals surface area contributed by atoms with Crippen molar-refractivity contribution in [2.75, 3.05) is 19.5 Å². The van der Waals surface area contributed by atoms with Crippen molar-refractivity contribution in [3.63, 3.8) is 0 Å². The number of hydrogen-bond acceptors (Lipinski definition) is 15. The Hall–Kier alpha value is -4.74. The van der Waals surface area contributed by atoms with Crippen LogP contribution in [0.25, 0.3) is 0 Å². The number of Topliss-reactive ketones (excluding diaryl/α,β-unsaturated/α-hetero) is 1. The van der Waals surface area contributed by atoms with Crippen LogP contribution in [0.3, 0.4) is 0 Å². The topological polar surface area (TPSA) is 202 Å². The highest BCUT2D eigenvalue weighted by atomic mass is 32.2. The zero-order valence-corrected chi connectivity index (χ0v) is 38.9. The van der Waals surface area contributed by atoms with Crippen LogP contribution in [0.15, 0.2) is 84.1 Å². The molecule has 2 bridgehead atoms. The first-order valence-corrected chi connectivity index (χ1v) is 22.4. The van der Waals surface area contributed by atoms with E-state index in [-0.39, 0.29) is 35.5 Å². The van der Waals surface area contributed by atoms with Crippen LogP contribution < -0.4 is 5.32 Å². The number of thioether (sulfide) groups is 1. The van der Waals surface area contributed by atoms with Crippen LogP contribution in [0.2, 0.25) is 0 Å². The summed E-state index contributed by atoms with van der Waals surface area (Å²) < 4.78 is 43.3. The Morgan fingerprint density at radius 2 is 1.62 bits per heavy atom. The number of ketones is 1. The van der Waals surface area contributed by atoms with Crippen molar-refractivity contribution in [1.82, 2.24) is 5.32 Å². The Morgan fingerprint density at radius 3 is 2.17 bits per heavy atom. The average molecular weight is 908 g/mol. The molecule has 16 heteroatoms. The molecule has 1 saturated heterocycles. The van der Waals surface area contributed by atoms with E-state index in [1.807, 2.05) is 0 Å². The second-order valence-corrected chi connectivity index (χ2v) is 20.0. The smallest absolute Gasteiger partial charge is 0.408 e. The summed E-state index contributed by atoms with van der Waals surface area (Å²) in [7, 11) is 1.44. The number of allylic oxidation sites excluding steroid dienone is 1. The van der Waals surface area contributed by atoms with Crippen molar-refractivity contribution < 1.29 is 67.3 Å². The first-order chi connectivity index (χ1) is 30.0. The van der Waals surface area contributed by atoms with Crippen molar-refractivity contribution in [2.24, 2.45) is 16.7 Å². The van der Waals surface area contributed by atoms with Crippen LogP contribution in [0.5, 0.6) is 0 Å². The molecule has 2 aromatic rings. The van der Waals surface area contributed by atoms with Gasteiger partial charge in [-0.25, -0.2) is 19.2 Å². The number of rotatable bonds is 12. The first-order valence-electron chi connectivity index (χ1n) is 21.5. The molecule has 15 nitrogen and oxygen atoms in total. The maximum atomic E-state index is 16.0. The third-order valence-corrected chi connectivity index (χ3v) is 13.9. The van der Waals surface area contributed by atoms with Gasteiger partial charge in [-0.05, 0) is 82.1 Å². The minimum atomic E-state index is -2.27. The van der Waals surface area contributed by atoms with Gasteiger partial charge in [0.1, 0.15) is 29.5 Å². The van der Waals surface area contributed by atoms with Crippen molar-refractivity contribution in [3.8, 4) is 0 Å². The molecule has 0 aromatic heterocycles. The van der Waals surface area contributed by atoms with E-state index in [1.54, 1.807) is 123 Å². The zero-order chi connectivity index (χ0) is 47.2. The zero-order valence-electron chi connectivity index (χ0n) is 38.1. The molecule has 348 valence electrons. The number of methoxy groups -OCH3 is 1. The predicted octanol–water partition coefficient (Wildman–Crippen LogP) is 6.80. The van der Waals surface area contributed by atoms with Gasteiger partial charge in [-0.15, -0.1) is 0 Å². The van der Waals surface area contributed by atoms with Gasteiger partial charge in [-0.3, -0.25) is 4.79 Å². The minimum Gasteiger partial charge on any atom is -0.487 e. The number of alkyl carbamates (subject to hydrolysis) is 1. The number of ether oxygens (including phenoxy) is 7. The lowest BCUT2D eigenvalue weighted by molar-refractivity contribution is -0.349. The van der Waals surface area contributed by atoms with E-state index in [9.17, 15) is 29.4 Å². The Morgan fingerprint density at radius 1 is 1.00 bits per heavy atom. The number of aliphatic hydroxyl groups excluding tert-OH is 1. The Bertz CT molecular complexity index is 2150. The van der Waals surface area contributed by atoms with Gasteiger partial charge >= 0.3 is 23.3 Å². The van der Waals surface area contributed by atoms with Crippen LogP contribution in [-0.2, 0) is 42.7 Å². The third-order valence-electron chi connectivity index (χ3n) is 13.3. The monoisotopic (exact) mass is 907 g/mol. The molecule has 3 aliphatic carbocycles. The highest BCUT2D eigenvalue weighted by molar-refractivity contribution is 8.13. The quantitative estimate of drug-likeness (QED) is 0.0868. The fraction of sp³-hybridized carbons (Fsp3) is 0.562. The summed E-state index contributed by atoms with van der Waals surface area (Å²) in [6.45, 7) is 18.9. The summed E-state index contributed by atoms with van der Waals surface area (Å²) in [5.74, 6) is -3.37. The van der Waals surface area contributed by atoms with Crippen LogP contribution in [0.1, 0.15) is 97.1 Å². The number of fused-ring (bicyclic) bond motifs is 5. The van der Waals surface area contributed by atoms with Crippen molar-refractivity contribution in [2.45, 2.75) is 135 Å². The molecule has 0 unspecified atom stereocenters. The Labute approximate surface area is 378 Å².